The molecule has 1 fully saturated rings. The Hall–Kier alpha value is -0.770. The highest BCUT2D eigenvalue weighted by Crippen LogP contribution is 2.41. The lowest BCUT2D eigenvalue weighted by Gasteiger charge is -2.28. The number of carbonyl (C=O) groups excluding carboxylic acids is 1. The Kier molecular flexibility index (Phi) is 7.67. The maximum atomic E-state index is 12.7. The maximum absolute atomic E-state index is 12.7. The summed E-state index contributed by atoms with van der Waals surface area (Å²) < 4.78 is 0. The van der Waals surface area contributed by atoms with Crippen molar-refractivity contribution in [2.24, 2.45) is 17.1 Å². The van der Waals surface area contributed by atoms with E-state index in [2.05, 4.69) is 18.3 Å². The van der Waals surface area contributed by atoms with Crippen molar-refractivity contribution in [3.63, 3.8) is 0 Å². The van der Waals surface area contributed by atoms with Crippen molar-refractivity contribution in [2.75, 3.05) is 13.1 Å². The van der Waals surface area contributed by atoms with E-state index in [1.165, 1.54) is 0 Å². The van der Waals surface area contributed by atoms with Crippen LogP contribution in [0, 0.1) is 11.3 Å². The third-order valence-corrected chi connectivity index (χ3v) is 4.72. The number of rotatable bonds is 6. The number of nitrogens with two attached hydrogens (primary N) is 1. The summed E-state index contributed by atoms with van der Waals surface area (Å²) in [5, 5.41) is 3.83. The molecule has 1 atom stereocenters. The molecule has 0 saturated heterocycles. The van der Waals surface area contributed by atoms with Gasteiger partial charge < -0.3 is 11.1 Å². The molecular formula is C17H26Cl2N2O. The zero-order valence-corrected chi connectivity index (χ0v) is 14.7. The van der Waals surface area contributed by atoms with Gasteiger partial charge in [0.25, 0.3) is 0 Å². The minimum atomic E-state index is -0.265. The standard InChI is InChI=1S/C17H25ClN2O.ClH/c1-13(11-19)12-20-16(21)17(7-2-3-8-17)10-14-5-4-6-15(18)9-14;/h4-6,9,13H,2-3,7-8,10-12,19H2,1H3,(H,20,21);1H. The lowest BCUT2D eigenvalue weighted by Crippen LogP contribution is -2.43. The van der Waals surface area contributed by atoms with E-state index in [0.29, 0.717) is 19.0 Å². The molecule has 0 aromatic heterocycles. The zero-order chi connectivity index (χ0) is 15.3. The van der Waals surface area contributed by atoms with Gasteiger partial charge in [0.15, 0.2) is 0 Å². The lowest BCUT2D eigenvalue weighted by atomic mass is 9.79. The van der Waals surface area contributed by atoms with E-state index in [9.17, 15) is 4.79 Å². The second kappa shape index (κ2) is 8.76. The first-order valence-corrected chi connectivity index (χ1v) is 8.16. The van der Waals surface area contributed by atoms with Crippen LogP contribution in [0.1, 0.15) is 38.2 Å². The Morgan fingerprint density at radius 3 is 2.68 bits per heavy atom. The predicted molar refractivity (Wildman–Crippen MR) is 94.5 cm³/mol. The molecule has 1 amide bonds. The average molecular weight is 345 g/mol. The first-order valence-electron chi connectivity index (χ1n) is 7.78. The molecule has 1 unspecified atom stereocenters. The molecule has 3 nitrogen and oxygen atoms in total. The van der Waals surface area contributed by atoms with Crippen LogP contribution in [0.4, 0.5) is 0 Å². The Morgan fingerprint density at radius 1 is 1.41 bits per heavy atom. The molecule has 1 aromatic carbocycles. The van der Waals surface area contributed by atoms with Gasteiger partial charge in [0.05, 0.1) is 5.41 Å². The largest absolute Gasteiger partial charge is 0.355 e. The van der Waals surface area contributed by atoms with Gasteiger partial charge in [0.1, 0.15) is 0 Å². The molecule has 22 heavy (non-hydrogen) atoms. The molecule has 0 bridgehead atoms. The van der Waals surface area contributed by atoms with Crippen molar-refractivity contribution in [2.45, 2.75) is 39.0 Å². The quantitative estimate of drug-likeness (QED) is 0.828. The summed E-state index contributed by atoms with van der Waals surface area (Å²) >= 11 is 6.06. The van der Waals surface area contributed by atoms with Crippen LogP contribution in [0.25, 0.3) is 0 Å². The number of carbonyl (C=O) groups is 1. The molecular weight excluding hydrogens is 319 g/mol. The van der Waals surface area contributed by atoms with Gasteiger partial charge in [-0.1, -0.05) is 43.5 Å². The Morgan fingerprint density at radius 2 is 2.09 bits per heavy atom. The molecule has 1 aliphatic rings. The Labute approximate surface area is 144 Å². The second-order valence-corrected chi connectivity index (χ2v) is 6.78. The molecule has 1 aromatic rings. The third-order valence-electron chi connectivity index (χ3n) is 4.49. The van der Waals surface area contributed by atoms with Crippen LogP contribution in [-0.4, -0.2) is 19.0 Å². The van der Waals surface area contributed by atoms with E-state index in [-0.39, 0.29) is 23.7 Å². The van der Waals surface area contributed by atoms with Crippen molar-refractivity contribution < 1.29 is 4.79 Å². The summed E-state index contributed by atoms with van der Waals surface area (Å²) in [6.45, 7) is 3.31. The van der Waals surface area contributed by atoms with Gasteiger partial charge >= 0.3 is 0 Å². The molecule has 124 valence electrons. The van der Waals surface area contributed by atoms with Gasteiger partial charge in [-0.2, -0.15) is 0 Å². The topological polar surface area (TPSA) is 55.1 Å². The fourth-order valence-corrected chi connectivity index (χ4v) is 3.32. The van der Waals surface area contributed by atoms with E-state index >= 15 is 0 Å². The number of hydrogen-bond acceptors (Lipinski definition) is 2. The van der Waals surface area contributed by atoms with E-state index in [1.54, 1.807) is 0 Å². The third kappa shape index (κ3) is 4.87. The molecule has 1 saturated carbocycles. The van der Waals surface area contributed by atoms with Gasteiger partial charge in [0.2, 0.25) is 5.91 Å². The van der Waals surface area contributed by atoms with Crippen molar-refractivity contribution in [1.82, 2.24) is 5.32 Å². The van der Waals surface area contributed by atoms with Crippen LogP contribution >= 0.6 is 24.0 Å². The van der Waals surface area contributed by atoms with Gasteiger partial charge in [-0.25, -0.2) is 0 Å². The van der Waals surface area contributed by atoms with Crippen LogP contribution in [0.5, 0.6) is 0 Å². The Bertz CT molecular complexity index is 487. The first-order chi connectivity index (χ1) is 10.1. The number of hydrogen-bond donors (Lipinski definition) is 2. The maximum Gasteiger partial charge on any atom is 0.226 e. The van der Waals surface area contributed by atoms with Crippen LogP contribution in [-0.2, 0) is 11.2 Å². The van der Waals surface area contributed by atoms with Crippen LogP contribution in [0.15, 0.2) is 24.3 Å². The Balaban J connectivity index is 0.00000242. The van der Waals surface area contributed by atoms with Crippen LogP contribution < -0.4 is 11.1 Å². The number of nitrogens with one attached hydrogen (secondary N) is 1. The summed E-state index contributed by atoms with van der Waals surface area (Å²) in [6.07, 6.45) is 4.95. The van der Waals surface area contributed by atoms with Crippen LogP contribution in [0.3, 0.4) is 0 Å². The van der Waals surface area contributed by atoms with Gasteiger partial charge in [0, 0.05) is 11.6 Å². The molecule has 2 rings (SSSR count). The first kappa shape index (κ1) is 19.3. The van der Waals surface area contributed by atoms with Crippen molar-refractivity contribution in [1.29, 1.82) is 0 Å². The summed E-state index contributed by atoms with van der Waals surface area (Å²) in [6, 6.07) is 7.85. The molecule has 0 heterocycles. The second-order valence-electron chi connectivity index (χ2n) is 6.35. The van der Waals surface area contributed by atoms with Gasteiger partial charge in [-0.15, -0.1) is 12.4 Å². The fourth-order valence-electron chi connectivity index (χ4n) is 3.11. The molecule has 0 radical (unpaired) electrons. The fraction of sp³-hybridized carbons (Fsp3) is 0.588. The van der Waals surface area contributed by atoms with Crippen molar-refractivity contribution in [3.05, 3.63) is 34.9 Å². The normalized spacial score (nSPS) is 17.6. The summed E-state index contributed by atoms with van der Waals surface area (Å²) in [5.74, 6) is 0.499. The van der Waals surface area contributed by atoms with E-state index in [4.69, 9.17) is 17.3 Å². The highest BCUT2D eigenvalue weighted by molar-refractivity contribution is 6.30. The van der Waals surface area contributed by atoms with E-state index in [1.807, 2.05) is 18.2 Å². The number of halogens is 2. The van der Waals surface area contributed by atoms with Crippen molar-refractivity contribution >= 4 is 29.9 Å². The SMILES string of the molecule is CC(CN)CNC(=O)C1(Cc2cccc(Cl)c2)CCCC1.Cl. The highest BCUT2D eigenvalue weighted by atomic mass is 35.5. The minimum Gasteiger partial charge on any atom is -0.355 e. The molecule has 3 N–H and O–H groups in total. The summed E-state index contributed by atoms with van der Waals surface area (Å²) in [7, 11) is 0. The average Bonchev–Trinajstić information content (AvgIpc) is 2.94. The monoisotopic (exact) mass is 344 g/mol. The zero-order valence-electron chi connectivity index (χ0n) is 13.1. The minimum absolute atomic E-state index is 0. The molecule has 0 spiro atoms. The number of benzene rings is 1. The van der Waals surface area contributed by atoms with Crippen molar-refractivity contribution in [3.8, 4) is 0 Å². The highest BCUT2D eigenvalue weighted by Gasteiger charge is 2.40. The predicted octanol–water partition coefficient (Wildman–Crippen LogP) is 3.58. The molecule has 5 heteroatoms. The smallest absolute Gasteiger partial charge is 0.226 e. The van der Waals surface area contributed by atoms with Gasteiger partial charge in [-0.3, -0.25) is 4.79 Å². The lowest BCUT2D eigenvalue weighted by molar-refractivity contribution is -0.131. The van der Waals surface area contributed by atoms with Gasteiger partial charge in [-0.05, 0) is 49.4 Å². The van der Waals surface area contributed by atoms with E-state index < -0.39 is 0 Å². The summed E-state index contributed by atoms with van der Waals surface area (Å²) in [5.41, 5.74) is 6.50. The van der Waals surface area contributed by atoms with E-state index in [0.717, 1.165) is 42.7 Å². The number of amides is 1. The molecule has 0 aliphatic heterocycles. The van der Waals surface area contributed by atoms with Crippen LogP contribution in [0.2, 0.25) is 5.02 Å². The molecule has 1 aliphatic carbocycles. The summed E-state index contributed by atoms with van der Waals surface area (Å²) in [4.78, 5) is 12.7.